The highest BCUT2D eigenvalue weighted by Gasteiger charge is 2.08. The normalized spacial score (nSPS) is 10.5. The van der Waals surface area contributed by atoms with E-state index in [1.165, 1.54) is 10.7 Å². The molecule has 0 amide bonds. The van der Waals surface area contributed by atoms with Gasteiger partial charge in [-0.15, -0.1) is 0 Å². The van der Waals surface area contributed by atoms with E-state index in [9.17, 15) is 4.39 Å². The first-order valence-electron chi connectivity index (χ1n) is 5.41. The third-order valence-electron chi connectivity index (χ3n) is 2.52. The maximum Gasteiger partial charge on any atom is 0.250 e. The highest BCUT2D eigenvalue weighted by molar-refractivity contribution is 5.62. The molecule has 1 aromatic carbocycles. The van der Waals surface area contributed by atoms with E-state index in [0.717, 1.165) is 0 Å². The van der Waals surface area contributed by atoms with Crippen molar-refractivity contribution in [3.05, 3.63) is 60.9 Å². The molecule has 0 fully saturated rings. The monoisotopic (exact) mass is 240 g/mol. The van der Waals surface area contributed by atoms with Crippen molar-refractivity contribution in [2.75, 3.05) is 0 Å². The third-order valence-corrected chi connectivity index (χ3v) is 2.52. The number of aromatic nitrogens is 4. The molecular formula is C13H9FN4. The Balaban J connectivity index is 2.03. The lowest BCUT2D eigenvalue weighted by Gasteiger charge is -1.98. The Morgan fingerprint density at radius 3 is 2.56 bits per heavy atom. The first-order valence-corrected chi connectivity index (χ1v) is 5.41. The lowest BCUT2D eigenvalue weighted by molar-refractivity contribution is 0.631. The van der Waals surface area contributed by atoms with E-state index in [-0.39, 0.29) is 5.82 Å². The quantitative estimate of drug-likeness (QED) is 0.691. The molecular weight excluding hydrogens is 231 g/mol. The van der Waals surface area contributed by atoms with Crippen LogP contribution >= 0.6 is 0 Å². The van der Waals surface area contributed by atoms with Crippen molar-refractivity contribution in [3.8, 4) is 17.1 Å². The van der Waals surface area contributed by atoms with Gasteiger partial charge >= 0.3 is 0 Å². The summed E-state index contributed by atoms with van der Waals surface area (Å²) in [7, 11) is 0. The number of hydrogen-bond donors (Lipinski definition) is 0. The molecule has 0 unspecified atom stereocenters. The summed E-state index contributed by atoms with van der Waals surface area (Å²) in [5.74, 6) is 0.186. The largest absolute Gasteiger partial charge is 0.250 e. The molecule has 0 aliphatic heterocycles. The van der Waals surface area contributed by atoms with Crippen LogP contribution in [-0.2, 0) is 0 Å². The Labute approximate surface area is 103 Å². The molecule has 3 rings (SSSR count). The van der Waals surface area contributed by atoms with Gasteiger partial charge in [0.15, 0.2) is 0 Å². The minimum atomic E-state index is -0.272. The molecule has 0 spiro atoms. The van der Waals surface area contributed by atoms with Crippen LogP contribution in [-0.4, -0.2) is 19.7 Å². The standard InChI is InChI=1S/C13H9FN4/c14-12-5-2-1-4-11(12)10-8-17-18(9-10)13-15-6-3-7-16-13/h1-9H. The van der Waals surface area contributed by atoms with Crippen LogP contribution < -0.4 is 0 Å². The van der Waals surface area contributed by atoms with E-state index >= 15 is 0 Å². The van der Waals surface area contributed by atoms with Crippen LogP contribution in [0.4, 0.5) is 4.39 Å². The van der Waals surface area contributed by atoms with Crippen molar-refractivity contribution in [3.63, 3.8) is 0 Å². The van der Waals surface area contributed by atoms with Crippen molar-refractivity contribution in [1.29, 1.82) is 0 Å². The van der Waals surface area contributed by atoms with Gasteiger partial charge in [0.05, 0.1) is 6.20 Å². The molecule has 0 atom stereocenters. The summed E-state index contributed by atoms with van der Waals surface area (Å²) in [4.78, 5) is 8.15. The highest BCUT2D eigenvalue weighted by atomic mass is 19.1. The van der Waals surface area contributed by atoms with Crippen LogP contribution in [0.3, 0.4) is 0 Å². The summed E-state index contributed by atoms with van der Waals surface area (Å²) in [6.07, 6.45) is 6.56. The maximum atomic E-state index is 13.6. The molecule has 0 aliphatic carbocycles. The second-order valence-corrected chi connectivity index (χ2v) is 3.70. The van der Waals surface area contributed by atoms with Crippen molar-refractivity contribution >= 4 is 0 Å². The molecule has 18 heavy (non-hydrogen) atoms. The molecule has 2 aromatic heterocycles. The average molecular weight is 240 g/mol. The molecule has 4 nitrogen and oxygen atoms in total. The van der Waals surface area contributed by atoms with Crippen LogP contribution in [0.2, 0.25) is 0 Å². The van der Waals surface area contributed by atoms with E-state index in [0.29, 0.717) is 17.1 Å². The summed E-state index contributed by atoms with van der Waals surface area (Å²) >= 11 is 0. The molecule has 0 radical (unpaired) electrons. The fraction of sp³-hybridized carbons (Fsp3) is 0. The van der Waals surface area contributed by atoms with E-state index in [2.05, 4.69) is 15.1 Å². The second-order valence-electron chi connectivity index (χ2n) is 3.70. The van der Waals surface area contributed by atoms with Gasteiger partial charge in [-0.1, -0.05) is 18.2 Å². The Morgan fingerprint density at radius 1 is 1.00 bits per heavy atom. The van der Waals surface area contributed by atoms with Crippen molar-refractivity contribution in [2.45, 2.75) is 0 Å². The Bertz CT molecular complexity index is 664. The second kappa shape index (κ2) is 4.37. The summed E-state index contributed by atoms with van der Waals surface area (Å²) in [6, 6.07) is 8.30. The van der Waals surface area contributed by atoms with Gasteiger partial charge in [0.25, 0.3) is 0 Å². The Morgan fingerprint density at radius 2 is 1.78 bits per heavy atom. The lowest BCUT2D eigenvalue weighted by Crippen LogP contribution is -1.99. The zero-order chi connectivity index (χ0) is 12.4. The van der Waals surface area contributed by atoms with E-state index in [1.807, 2.05) is 0 Å². The number of nitrogens with zero attached hydrogens (tertiary/aromatic N) is 4. The van der Waals surface area contributed by atoms with Crippen molar-refractivity contribution in [1.82, 2.24) is 19.7 Å². The molecule has 0 aliphatic rings. The summed E-state index contributed by atoms with van der Waals surface area (Å²) in [6.45, 7) is 0. The lowest BCUT2D eigenvalue weighted by atomic mass is 10.1. The van der Waals surface area contributed by atoms with Gasteiger partial charge < -0.3 is 0 Å². The van der Waals surface area contributed by atoms with Gasteiger partial charge in [0.2, 0.25) is 5.95 Å². The van der Waals surface area contributed by atoms with Gasteiger partial charge in [-0.05, 0) is 12.1 Å². The van der Waals surface area contributed by atoms with Crippen LogP contribution in [0.15, 0.2) is 55.1 Å². The number of benzene rings is 1. The van der Waals surface area contributed by atoms with Gasteiger partial charge in [0.1, 0.15) is 5.82 Å². The predicted octanol–water partition coefficient (Wildman–Crippen LogP) is 2.47. The molecule has 0 saturated carbocycles. The molecule has 5 heteroatoms. The Hall–Kier alpha value is -2.56. The minimum Gasteiger partial charge on any atom is -0.220 e. The number of halogens is 1. The summed E-state index contributed by atoms with van der Waals surface area (Å²) in [5.41, 5.74) is 1.21. The van der Waals surface area contributed by atoms with Gasteiger partial charge in [0, 0.05) is 29.7 Å². The maximum absolute atomic E-state index is 13.6. The van der Waals surface area contributed by atoms with Crippen molar-refractivity contribution in [2.24, 2.45) is 0 Å². The first-order chi connectivity index (χ1) is 8.84. The minimum absolute atomic E-state index is 0.272. The van der Waals surface area contributed by atoms with E-state index < -0.39 is 0 Å². The van der Waals surface area contributed by atoms with Gasteiger partial charge in [-0.3, -0.25) is 0 Å². The number of rotatable bonds is 2. The van der Waals surface area contributed by atoms with Crippen LogP contribution in [0.5, 0.6) is 0 Å². The molecule has 88 valence electrons. The third kappa shape index (κ3) is 1.86. The topological polar surface area (TPSA) is 43.6 Å². The van der Waals surface area contributed by atoms with E-state index in [1.54, 1.807) is 49.1 Å². The Kier molecular flexibility index (Phi) is 2.57. The van der Waals surface area contributed by atoms with E-state index in [4.69, 9.17) is 0 Å². The zero-order valence-corrected chi connectivity index (χ0v) is 9.36. The predicted molar refractivity (Wildman–Crippen MR) is 64.5 cm³/mol. The first kappa shape index (κ1) is 10.6. The fourth-order valence-electron chi connectivity index (χ4n) is 1.68. The van der Waals surface area contributed by atoms with Crippen LogP contribution in [0, 0.1) is 5.82 Å². The van der Waals surface area contributed by atoms with Gasteiger partial charge in [-0.25, -0.2) is 19.0 Å². The zero-order valence-electron chi connectivity index (χ0n) is 9.36. The molecule has 0 saturated heterocycles. The van der Waals surface area contributed by atoms with Crippen molar-refractivity contribution < 1.29 is 4.39 Å². The summed E-state index contributed by atoms with van der Waals surface area (Å²) in [5, 5.41) is 4.13. The highest BCUT2D eigenvalue weighted by Crippen LogP contribution is 2.22. The molecule has 2 heterocycles. The van der Waals surface area contributed by atoms with Gasteiger partial charge in [-0.2, -0.15) is 5.10 Å². The SMILES string of the molecule is Fc1ccccc1-c1cnn(-c2ncccn2)c1. The van der Waals surface area contributed by atoms with Crippen LogP contribution in [0.25, 0.3) is 17.1 Å². The smallest absolute Gasteiger partial charge is 0.220 e. The van der Waals surface area contributed by atoms with Crippen LogP contribution in [0.1, 0.15) is 0 Å². The molecule has 3 aromatic rings. The number of hydrogen-bond acceptors (Lipinski definition) is 3. The average Bonchev–Trinajstić information content (AvgIpc) is 2.90. The molecule has 0 N–H and O–H groups in total. The molecule has 0 bridgehead atoms. The summed E-state index contributed by atoms with van der Waals surface area (Å²) < 4.78 is 15.1. The fourth-order valence-corrected chi connectivity index (χ4v) is 1.68.